The number of nitro benzene ring substituents is 1. The van der Waals surface area contributed by atoms with Crippen LogP contribution >= 0.6 is 12.2 Å². The van der Waals surface area contributed by atoms with Crippen LogP contribution in [0.3, 0.4) is 0 Å². The van der Waals surface area contributed by atoms with Crippen LogP contribution in [0.2, 0.25) is 0 Å². The summed E-state index contributed by atoms with van der Waals surface area (Å²) < 4.78 is 6.75. The molecule has 0 radical (unpaired) electrons. The summed E-state index contributed by atoms with van der Waals surface area (Å²) in [6.45, 7) is 2.27. The number of ether oxygens (including phenoxy) is 1. The zero-order valence-corrected chi connectivity index (χ0v) is 14.0. The fourth-order valence-electron chi connectivity index (χ4n) is 1.77. The van der Waals surface area contributed by atoms with Crippen molar-refractivity contribution in [3.63, 3.8) is 0 Å². The van der Waals surface area contributed by atoms with E-state index in [0.717, 1.165) is 6.42 Å². The predicted octanol–water partition coefficient (Wildman–Crippen LogP) is 0.883. The quantitative estimate of drug-likeness (QED) is 0.416. The second-order valence-electron chi connectivity index (χ2n) is 4.77. The Morgan fingerprint density at radius 2 is 2.12 bits per heavy atom. The van der Waals surface area contributed by atoms with Crippen LogP contribution in [-0.4, -0.2) is 42.8 Å². The number of nitro groups is 1. The average Bonchev–Trinajstić information content (AvgIpc) is 3.00. The van der Waals surface area contributed by atoms with Crippen molar-refractivity contribution >= 4 is 34.9 Å². The number of nitrogens with zero attached hydrogens (tertiary/aromatic N) is 5. The Morgan fingerprint density at radius 1 is 1.40 bits per heavy atom. The number of hydrogen-bond acceptors (Lipinski definition) is 8. The van der Waals surface area contributed by atoms with Crippen molar-refractivity contribution in [1.82, 2.24) is 25.5 Å². The van der Waals surface area contributed by atoms with Crippen LogP contribution in [0.1, 0.15) is 13.3 Å². The summed E-state index contributed by atoms with van der Waals surface area (Å²) in [7, 11) is 0. The van der Waals surface area contributed by atoms with Crippen molar-refractivity contribution in [3.8, 4) is 5.75 Å². The van der Waals surface area contributed by atoms with E-state index in [4.69, 9.17) is 17.0 Å². The van der Waals surface area contributed by atoms with Gasteiger partial charge in [-0.2, -0.15) is 0 Å². The number of amides is 1. The molecular weight excluding hydrogens is 350 g/mol. The van der Waals surface area contributed by atoms with Crippen molar-refractivity contribution in [2.45, 2.75) is 19.9 Å². The third kappa shape index (κ3) is 5.46. The third-order valence-electron chi connectivity index (χ3n) is 2.86. The number of carbonyl (C=O) groups excluding carboxylic acids is 1. The van der Waals surface area contributed by atoms with Crippen LogP contribution in [0, 0.1) is 10.1 Å². The molecule has 0 saturated heterocycles. The van der Waals surface area contributed by atoms with Crippen LogP contribution < -0.4 is 15.4 Å². The van der Waals surface area contributed by atoms with Crippen LogP contribution in [0.5, 0.6) is 5.75 Å². The zero-order chi connectivity index (χ0) is 18.2. The average molecular weight is 365 g/mol. The minimum absolute atomic E-state index is 0.0319. The Hall–Kier alpha value is -3.15. The van der Waals surface area contributed by atoms with Gasteiger partial charge in [0.15, 0.2) is 11.7 Å². The highest BCUT2D eigenvalue weighted by molar-refractivity contribution is 7.80. The Balaban J connectivity index is 1.80. The summed E-state index contributed by atoms with van der Waals surface area (Å²) in [5, 5.41) is 26.8. The molecule has 0 saturated carbocycles. The standard InChI is InChI=1S/C13H15N7O4S/c1-2-7-19-12(16-17-18-19)15-13(25)14-11(21)8-24-10-5-3-9(4-6-10)20(22)23/h3-6H,2,7-8H2,1H3,(H2,14,15,16,18,21,25). The number of aryl methyl sites for hydroxylation is 1. The van der Waals surface area contributed by atoms with E-state index in [-0.39, 0.29) is 17.4 Å². The molecule has 0 spiro atoms. The van der Waals surface area contributed by atoms with Gasteiger partial charge in [-0.25, -0.2) is 4.68 Å². The molecule has 0 unspecified atom stereocenters. The molecule has 1 aromatic heterocycles. The van der Waals surface area contributed by atoms with Gasteiger partial charge in [-0.05, 0) is 41.2 Å². The normalized spacial score (nSPS) is 10.1. The minimum Gasteiger partial charge on any atom is -0.484 e. The van der Waals surface area contributed by atoms with Gasteiger partial charge < -0.3 is 4.74 Å². The summed E-state index contributed by atoms with van der Waals surface area (Å²) in [5.41, 5.74) is -0.0630. The summed E-state index contributed by atoms with van der Waals surface area (Å²) in [5.74, 6) is 0.153. The molecule has 0 bridgehead atoms. The van der Waals surface area contributed by atoms with Crippen molar-refractivity contribution in [1.29, 1.82) is 0 Å². The minimum atomic E-state index is -0.521. The van der Waals surface area contributed by atoms with E-state index in [1.807, 2.05) is 6.92 Å². The van der Waals surface area contributed by atoms with Gasteiger partial charge in [0.2, 0.25) is 5.95 Å². The van der Waals surface area contributed by atoms with E-state index in [1.54, 1.807) is 0 Å². The first-order chi connectivity index (χ1) is 12.0. The smallest absolute Gasteiger partial charge is 0.269 e. The van der Waals surface area contributed by atoms with Crippen molar-refractivity contribution < 1.29 is 14.5 Å². The van der Waals surface area contributed by atoms with E-state index >= 15 is 0 Å². The van der Waals surface area contributed by atoms with Gasteiger partial charge in [0.25, 0.3) is 11.6 Å². The molecule has 1 heterocycles. The number of carbonyl (C=O) groups is 1. The monoisotopic (exact) mass is 365 g/mol. The molecule has 2 N–H and O–H groups in total. The maximum atomic E-state index is 11.8. The summed E-state index contributed by atoms with van der Waals surface area (Å²) in [6, 6.07) is 5.38. The maximum Gasteiger partial charge on any atom is 0.269 e. The van der Waals surface area contributed by atoms with Gasteiger partial charge in [-0.1, -0.05) is 12.0 Å². The van der Waals surface area contributed by atoms with Gasteiger partial charge in [-0.15, -0.1) is 0 Å². The molecular formula is C13H15N7O4S. The molecule has 12 heteroatoms. The number of thiocarbonyl (C=S) groups is 1. The Bertz CT molecular complexity index is 762. The summed E-state index contributed by atoms with van der Waals surface area (Å²) in [6.07, 6.45) is 0.835. The number of benzene rings is 1. The second-order valence-corrected chi connectivity index (χ2v) is 5.18. The van der Waals surface area contributed by atoms with Crippen molar-refractivity contribution in [2.75, 3.05) is 11.9 Å². The molecule has 1 aromatic carbocycles. The number of nitrogens with one attached hydrogen (secondary N) is 2. The molecule has 0 aliphatic rings. The fraction of sp³-hybridized carbons (Fsp3) is 0.308. The maximum absolute atomic E-state index is 11.8. The number of aromatic nitrogens is 4. The van der Waals surface area contributed by atoms with E-state index in [0.29, 0.717) is 18.2 Å². The molecule has 11 nitrogen and oxygen atoms in total. The molecule has 2 aromatic rings. The van der Waals surface area contributed by atoms with Gasteiger partial charge in [0.05, 0.1) is 4.92 Å². The van der Waals surface area contributed by atoms with E-state index in [9.17, 15) is 14.9 Å². The lowest BCUT2D eigenvalue weighted by Crippen LogP contribution is -2.37. The highest BCUT2D eigenvalue weighted by atomic mass is 32.1. The second kappa shape index (κ2) is 8.63. The Morgan fingerprint density at radius 3 is 2.76 bits per heavy atom. The molecule has 0 aliphatic heterocycles. The number of tetrazole rings is 1. The van der Waals surface area contributed by atoms with Crippen LogP contribution in [0.15, 0.2) is 24.3 Å². The van der Waals surface area contributed by atoms with Crippen molar-refractivity contribution in [3.05, 3.63) is 34.4 Å². The first-order valence-electron chi connectivity index (χ1n) is 7.24. The highest BCUT2D eigenvalue weighted by Crippen LogP contribution is 2.17. The van der Waals surface area contributed by atoms with Gasteiger partial charge in [0.1, 0.15) is 5.75 Å². The lowest BCUT2D eigenvalue weighted by molar-refractivity contribution is -0.384. The SMILES string of the molecule is CCCn1nnnc1NC(=S)NC(=O)COc1ccc([N+](=O)[O-])cc1. The zero-order valence-electron chi connectivity index (χ0n) is 13.2. The van der Waals surface area contributed by atoms with Gasteiger partial charge >= 0.3 is 0 Å². The predicted molar refractivity (Wildman–Crippen MR) is 91.1 cm³/mol. The van der Waals surface area contributed by atoms with Crippen LogP contribution in [-0.2, 0) is 11.3 Å². The third-order valence-corrected chi connectivity index (χ3v) is 3.07. The summed E-state index contributed by atoms with van der Waals surface area (Å²) >= 11 is 5.02. The molecule has 0 fully saturated rings. The number of non-ortho nitro benzene ring substituents is 1. The molecule has 2 rings (SSSR count). The van der Waals surface area contributed by atoms with Gasteiger partial charge in [0, 0.05) is 18.7 Å². The molecule has 1 amide bonds. The number of anilines is 1. The first-order valence-corrected chi connectivity index (χ1v) is 7.64. The van der Waals surface area contributed by atoms with E-state index in [2.05, 4.69) is 26.2 Å². The molecule has 0 atom stereocenters. The molecule has 0 aliphatic carbocycles. The topological polar surface area (TPSA) is 137 Å². The first kappa shape index (κ1) is 18.2. The molecule has 25 heavy (non-hydrogen) atoms. The number of hydrogen-bond donors (Lipinski definition) is 2. The lowest BCUT2D eigenvalue weighted by Gasteiger charge is -2.09. The Kier molecular flexibility index (Phi) is 6.28. The highest BCUT2D eigenvalue weighted by Gasteiger charge is 2.11. The van der Waals surface area contributed by atoms with Crippen LogP contribution in [0.4, 0.5) is 11.6 Å². The number of rotatable bonds is 7. The summed E-state index contributed by atoms with van der Waals surface area (Å²) in [4.78, 5) is 21.8. The fourth-order valence-corrected chi connectivity index (χ4v) is 1.97. The lowest BCUT2D eigenvalue weighted by atomic mass is 10.3. The Labute approximate surface area is 147 Å². The van der Waals surface area contributed by atoms with E-state index in [1.165, 1.54) is 28.9 Å². The van der Waals surface area contributed by atoms with Gasteiger partial charge in [-0.3, -0.25) is 25.5 Å². The van der Waals surface area contributed by atoms with Crippen LogP contribution in [0.25, 0.3) is 0 Å². The van der Waals surface area contributed by atoms with E-state index < -0.39 is 10.8 Å². The van der Waals surface area contributed by atoms with Crippen molar-refractivity contribution in [2.24, 2.45) is 0 Å². The molecule has 132 valence electrons. The largest absolute Gasteiger partial charge is 0.484 e.